The molecule has 0 saturated heterocycles. The molecule has 0 aliphatic heterocycles. The maximum absolute atomic E-state index is 12.5. The summed E-state index contributed by atoms with van der Waals surface area (Å²) < 4.78 is 5.54. The van der Waals surface area contributed by atoms with Gasteiger partial charge in [-0.2, -0.15) is 5.10 Å². The smallest absolute Gasteiger partial charge is 0.262 e. The van der Waals surface area contributed by atoms with E-state index in [1.165, 1.54) is 12.3 Å². The zero-order valence-corrected chi connectivity index (χ0v) is 16.9. The number of ether oxygens (including phenoxy) is 1. The first-order chi connectivity index (χ1) is 13.8. The molecule has 1 atom stereocenters. The van der Waals surface area contributed by atoms with Crippen LogP contribution in [0.4, 0.5) is 0 Å². The van der Waals surface area contributed by atoms with Crippen LogP contribution in [0.3, 0.4) is 0 Å². The van der Waals surface area contributed by atoms with Crippen LogP contribution in [0, 0.1) is 12.8 Å². The number of para-hydroxylation sites is 1. The van der Waals surface area contributed by atoms with Crippen LogP contribution < -0.4 is 15.5 Å². The highest BCUT2D eigenvalue weighted by Crippen LogP contribution is 2.16. The first kappa shape index (κ1) is 21.9. The van der Waals surface area contributed by atoms with Gasteiger partial charge < -0.3 is 15.2 Å². The van der Waals surface area contributed by atoms with Gasteiger partial charge in [0, 0.05) is 0 Å². The van der Waals surface area contributed by atoms with Crippen LogP contribution in [0.5, 0.6) is 11.5 Å². The molecule has 2 rings (SSSR count). The van der Waals surface area contributed by atoms with E-state index in [9.17, 15) is 14.7 Å². The van der Waals surface area contributed by atoms with Crippen molar-refractivity contribution in [2.75, 3.05) is 6.61 Å². The molecule has 0 aliphatic carbocycles. The molecule has 7 heteroatoms. The lowest BCUT2D eigenvalue weighted by Crippen LogP contribution is -2.47. The van der Waals surface area contributed by atoms with E-state index in [2.05, 4.69) is 15.8 Å². The van der Waals surface area contributed by atoms with Gasteiger partial charge in [0.05, 0.1) is 6.21 Å². The van der Waals surface area contributed by atoms with Crippen molar-refractivity contribution in [1.29, 1.82) is 0 Å². The lowest BCUT2D eigenvalue weighted by molar-refractivity contribution is -0.130. The second-order valence-corrected chi connectivity index (χ2v) is 7.13. The maximum atomic E-state index is 12.5. The van der Waals surface area contributed by atoms with Gasteiger partial charge in [-0.1, -0.05) is 44.2 Å². The highest BCUT2D eigenvalue weighted by atomic mass is 16.5. The Morgan fingerprint density at radius 3 is 2.62 bits per heavy atom. The Labute approximate surface area is 170 Å². The van der Waals surface area contributed by atoms with E-state index in [0.29, 0.717) is 17.7 Å². The van der Waals surface area contributed by atoms with Gasteiger partial charge in [-0.3, -0.25) is 9.59 Å². The molecule has 0 aromatic heterocycles. The Morgan fingerprint density at radius 1 is 1.17 bits per heavy atom. The van der Waals surface area contributed by atoms with Crippen molar-refractivity contribution in [2.24, 2.45) is 11.0 Å². The van der Waals surface area contributed by atoms with Crippen LogP contribution in [0.1, 0.15) is 31.4 Å². The highest BCUT2D eigenvalue weighted by molar-refractivity contribution is 5.89. The minimum Gasteiger partial charge on any atom is -0.508 e. The van der Waals surface area contributed by atoms with Crippen molar-refractivity contribution in [3.05, 3.63) is 59.7 Å². The Kier molecular flexibility index (Phi) is 8.21. The number of rotatable bonds is 9. The number of carbonyl (C=O) groups is 2. The maximum Gasteiger partial charge on any atom is 0.262 e. The van der Waals surface area contributed by atoms with Crippen LogP contribution in [0.15, 0.2) is 53.6 Å². The number of hydrazone groups is 1. The number of nitrogens with zero attached hydrogens (tertiary/aromatic N) is 1. The zero-order chi connectivity index (χ0) is 21.2. The van der Waals surface area contributed by atoms with Gasteiger partial charge in [0.1, 0.15) is 17.5 Å². The van der Waals surface area contributed by atoms with Crippen LogP contribution in [0.2, 0.25) is 0 Å². The third-order valence-corrected chi connectivity index (χ3v) is 4.07. The summed E-state index contributed by atoms with van der Waals surface area (Å²) in [6.07, 6.45) is 1.89. The molecule has 0 spiro atoms. The molecular weight excluding hydrogens is 370 g/mol. The molecule has 0 heterocycles. The van der Waals surface area contributed by atoms with E-state index >= 15 is 0 Å². The summed E-state index contributed by atoms with van der Waals surface area (Å²) >= 11 is 0. The second kappa shape index (κ2) is 10.8. The monoisotopic (exact) mass is 397 g/mol. The molecule has 0 unspecified atom stereocenters. The van der Waals surface area contributed by atoms with E-state index < -0.39 is 11.9 Å². The van der Waals surface area contributed by atoms with Crippen molar-refractivity contribution < 1.29 is 19.4 Å². The predicted octanol–water partition coefficient (Wildman–Crippen LogP) is 2.76. The molecule has 7 nitrogen and oxygen atoms in total. The van der Waals surface area contributed by atoms with Crippen LogP contribution in [0.25, 0.3) is 0 Å². The standard InChI is InChI=1S/C22H27N3O4/c1-15(2)11-19(22(28)25-23-13-17-8-6-9-18(26)12-17)24-21(27)14-29-20-10-5-4-7-16(20)3/h4-10,12-13,15,19,26H,11,14H2,1-3H3,(H,24,27)(H,25,28)/b23-13-/t19-/m1/s1. The number of aromatic hydroxyl groups is 1. The van der Waals surface area contributed by atoms with Gasteiger partial charge in [-0.05, 0) is 48.6 Å². The summed E-state index contributed by atoms with van der Waals surface area (Å²) in [4.78, 5) is 24.7. The van der Waals surface area contributed by atoms with Crippen LogP contribution in [-0.4, -0.2) is 35.8 Å². The lowest BCUT2D eigenvalue weighted by Gasteiger charge is -2.19. The summed E-state index contributed by atoms with van der Waals surface area (Å²) in [7, 11) is 0. The minimum absolute atomic E-state index is 0.110. The third-order valence-electron chi connectivity index (χ3n) is 4.07. The Bertz CT molecular complexity index is 865. The Balaban J connectivity index is 1.92. The molecule has 3 N–H and O–H groups in total. The molecule has 2 aromatic rings. The van der Waals surface area contributed by atoms with E-state index in [4.69, 9.17) is 4.74 Å². The number of hydrogen-bond donors (Lipinski definition) is 3. The van der Waals surface area contributed by atoms with E-state index in [-0.39, 0.29) is 24.2 Å². The largest absolute Gasteiger partial charge is 0.508 e. The second-order valence-electron chi connectivity index (χ2n) is 7.13. The summed E-state index contributed by atoms with van der Waals surface area (Å²) in [6, 6.07) is 13.2. The SMILES string of the molecule is Cc1ccccc1OCC(=O)N[C@H](CC(C)C)C(=O)N/N=C\c1cccc(O)c1. The molecule has 0 bridgehead atoms. The molecule has 0 saturated carbocycles. The number of nitrogens with one attached hydrogen (secondary N) is 2. The van der Waals surface area contributed by atoms with Gasteiger partial charge in [-0.25, -0.2) is 5.43 Å². The number of amides is 2. The number of benzene rings is 2. The van der Waals surface area contributed by atoms with Crippen molar-refractivity contribution in [1.82, 2.24) is 10.7 Å². The molecule has 29 heavy (non-hydrogen) atoms. The molecule has 2 aromatic carbocycles. The fourth-order valence-electron chi connectivity index (χ4n) is 2.65. The number of hydrogen-bond acceptors (Lipinski definition) is 5. The van der Waals surface area contributed by atoms with Gasteiger partial charge >= 0.3 is 0 Å². The van der Waals surface area contributed by atoms with Crippen molar-refractivity contribution >= 4 is 18.0 Å². The van der Waals surface area contributed by atoms with Crippen LogP contribution >= 0.6 is 0 Å². The molecule has 0 fully saturated rings. The van der Waals surface area contributed by atoms with E-state index in [1.807, 2.05) is 39.0 Å². The van der Waals surface area contributed by atoms with Crippen LogP contribution in [-0.2, 0) is 9.59 Å². The normalized spacial score (nSPS) is 12.0. The van der Waals surface area contributed by atoms with Crippen molar-refractivity contribution in [3.63, 3.8) is 0 Å². The Morgan fingerprint density at radius 2 is 1.93 bits per heavy atom. The fraction of sp³-hybridized carbons (Fsp3) is 0.318. The average Bonchev–Trinajstić information content (AvgIpc) is 2.66. The molecule has 0 radical (unpaired) electrons. The number of aryl methyl sites for hydroxylation is 1. The van der Waals surface area contributed by atoms with Crippen molar-refractivity contribution in [3.8, 4) is 11.5 Å². The first-order valence-corrected chi connectivity index (χ1v) is 9.45. The lowest BCUT2D eigenvalue weighted by atomic mass is 10.0. The first-order valence-electron chi connectivity index (χ1n) is 9.45. The summed E-state index contributed by atoms with van der Waals surface area (Å²) in [5.74, 6) is 0.130. The molecule has 0 aliphatic rings. The third kappa shape index (κ3) is 7.65. The summed E-state index contributed by atoms with van der Waals surface area (Å²) in [5, 5.41) is 16.1. The fourth-order valence-corrected chi connectivity index (χ4v) is 2.65. The number of carbonyl (C=O) groups excluding carboxylic acids is 2. The summed E-state index contributed by atoms with van der Waals surface area (Å²) in [6.45, 7) is 5.64. The average molecular weight is 397 g/mol. The van der Waals surface area contributed by atoms with Gasteiger partial charge in [0.2, 0.25) is 0 Å². The van der Waals surface area contributed by atoms with Crippen molar-refractivity contribution in [2.45, 2.75) is 33.2 Å². The number of phenols is 1. The predicted molar refractivity (Wildman–Crippen MR) is 112 cm³/mol. The van der Waals surface area contributed by atoms with E-state index in [0.717, 1.165) is 5.56 Å². The highest BCUT2D eigenvalue weighted by Gasteiger charge is 2.22. The summed E-state index contributed by atoms with van der Waals surface area (Å²) in [5.41, 5.74) is 4.01. The van der Waals surface area contributed by atoms with Gasteiger partial charge in [-0.15, -0.1) is 0 Å². The number of phenolic OH excluding ortho intramolecular Hbond substituents is 1. The Hall–Kier alpha value is -3.35. The molecular formula is C22H27N3O4. The quantitative estimate of drug-likeness (QED) is 0.447. The van der Waals surface area contributed by atoms with Gasteiger partial charge in [0.25, 0.3) is 11.8 Å². The zero-order valence-electron chi connectivity index (χ0n) is 16.9. The molecule has 154 valence electrons. The topological polar surface area (TPSA) is 100 Å². The molecule has 2 amide bonds. The minimum atomic E-state index is -0.732. The van der Waals surface area contributed by atoms with Gasteiger partial charge in [0.15, 0.2) is 6.61 Å². The van der Waals surface area contributed by atoms with E-state index in [1.54, 1.807) is 24.3 Å².